The molecule has 0 spiro atoms. The third-order valence-electron chi connectivity index (χ3n) is 4.50. The van der Waals surface area contributed by atoms with Crippen molar-refractivity contribution >= 4 is 11.4 Å². The molecular formula is C15H21N3O2. The first-order valence-electron chi connectivity index (χ1n) is 7.42. The minimum Gasteiger partial charge on any atom is -0.361 e. The fourth-order valence-corrected chi connectivity index (χ4v) is 3.57. The number of hydrogen-bond donors (Lipinski definition) is 1. The summed E-state index contributed by atoms with van der Waals surface area (Å²) in [6.07, 6.45) is 4.64. The average Bonchev–Trinajstić information content (AvgIpc) is 3.09. The number of nitrogens with zero attached hydrogens (tertiary/aromatic N) is 2. The van der Waals surface area contributed by atoms with Gasteiger partial charge in [0.1, 0.15) is 5.69 Å². The molecule has 1 aromatic carbocycles. The van der Waals surface area contributed by atoms with Gasteiger partial charge in [0.25, 0.3) is 5.69 Å². The van der Waals surface area contributed by atoms with Crippen LogP contribution < -0.4 is 10.2 Å². The molecule has 1 N–H and O–H groups in total. The highest BCUT2D eigenvalue weighted by Gasteiger charge is 2.35. The van der Waals surface area contributed by atoms with E-state index in [1.54, 1.807) is 6.07 Å². The average molecular weight is 275 g/mol. The van der Waals surface area contributed by atoms with Gasteiger partial charge in [0, 0.05) is 24.7 Å². The summed E-state index contributed by atoms with van der Waals surface area (Å²) >= 11 is 0. The monoisotopic (exact) mass is 275 g/mol. The van der Waals surface area contributed by atoms with Gasteiger partial charge in [-0.3, -0.25) is 10.1 Å². The summed E-state index contributed by atoms with van der Waals surface area (Å²) in [6, 6.07) is 6.31. The number of rotatable bonds is 3. The van der Waals surface area contributed by atoms with Crippen LogP contribution in [0.1, 0.15) is 31.2 Å². The van der Waals surface area contributed by atoms with Crippen molar-refractivity contribution in [2.75, 3.05) is 18.0 Å². The molecule has 2 fully saturated rings. The van der Waals surface area contributed by atoms with Crippen LogP contribution in [-0.2, 0) is 0 Å². The van der Waals surface area contributed by atoms with Gasteiger partial charge in [-0.05, 0) is 50.8 Å². The Hall–Kier alpha value is -1.62. The van der Waals surface area contributed by atoms with Crippen molar-refractivity contribution in [1.82, 2.24) is 5.32 Å². The molecular weight excluding hydrogens is 254 g/mol. The van der Waals surface area contributed by atoms with Gasteiger partial charge in [-0.25, -0.2) is 0 Å². The lowest BCUT2D eigenvalue weighted by Crippen LogP contribution is -2.44. The molecule has 2 atom stereocenters. The van der Waals surface area contributed by atoms with E-state index in [1.807, 2.05) is 19.1 Å². The number of nitro benzene ring substituents is 1. The van der Waals surface area contributed by atoms with Gasteiger partial charge in [-0.2, -0.15) is 0 Å². The molecule has 1 aromatic rings. The molecule has 0 saturated carbocycles. The predicted molar refractivity (Wildman–Crippen MR) is 79.2 cm³/mol. The second-order valence-electron chi connectivity index (χ2n) is 5.86. The fraction of sp³-hybridized carbons (Fsp3) is 0.600. The van der Waals surface area contributed by atoms with Crippen molar-refractivity contribution in [3.05, 3.63) is 33.9 Å². The smallest absolute Gasteiger partial charge is 0.292 e. The molecule has 0 amide bonds. The van der Waals surface area contributed by atoms with Crippen LogP contribution in [0.3, 0.4) is 0 Å². The number of aryl methyl sites for hydroxylation is 1. The molecule has 5 nitrogen and oxygen atoms in total. The van der Waals surface area contributed by atoms with Gasteiger partial charge < -0.3 is 10.2 Å². The van der Waals surface area contributed by atoms with Crippen LogP contribution >= 0.6 is 0 Å². The van der Waals surface area contributed by atoms with E-state index >= 15 is 0 Å². The van der Waals surface area contributed by atoms with Crippen LogP contribution in [0.5, 0.6) is 0 Å². The summed E-state index contributed by atoms with van der Waals surface area (Å²) in [5, 5.41) is 14.8. The lowest BCUT2D eigenvalue weighted by atomic mass is 10.0. The Bertz CT molecular complexity index is 512. The predicted octanol–water partition coefficient (Wildman–Crippen LogP) is 2.62. The summed E-state index contributed by atoms with van der Waals surface area (Å²) in [6.45, 7) is 3.99. The summed E-state index contributed by atoms with van der Waals surface area (Å²) in [7, 11) is 0. The molecule has 0 bridgehead atoms. The van der Waals surface area contributed by atoms with Crippen molar-refractivity contribution in [2.24, 2.45) is 0 Å². The first-order valence-corrected chi connectivity index (χ1v) is 7.42. The number of anilines is 1. The Morgan fingerprint density at radius 3 is 2.90 bits per heavy atom. The third-order valence-corrected chi connectivity index (χ3v) is 4.50. The Labute approximate surface area is 119 Å². The van der Waals surface area contributed by atoms with Crippen molar-refractivity contribution in [2.45, 2.75) is 44.7 Å². The highest BCUT2D eigenvalue weighted by molar-refractivity contribution is 5.65. The summed E-state index contributed by atoms with van der Waals surface area (Å²) in [4.78, 5) is 13.3. The Balaban J connectivity index is 1.94. The van der Waals surface area contributed by atoms with Gasteiger partial charge in [0.05, 0.1) is 4.92 Å². The van der Waals surface area contributed by atoms with E-state index in [2.05, 4.69) is 10.2 Å². The van der Waals surface area contributed by atoms with E-state index in [9.17, 15) is 10.1 Å². The van der Waals surface area contributed by atoms with Crippen LogP contribution in [0.4, 0.5) is 11.4 Å². The minimum atomic E-state index is -0.258. The lowest BCUT2D eigenvalue weighted by molar-refractivity contribution is -0.384. The summed E-state index contributed by atoms with van der Waals surface area (Å²) < 4.78 is 0. The maximum atomic E-state index is 11.3. The highest BCUT2D eigenvalue weighted by Crippen LogP contribution is 2.36. The zero-order valence-electron chi connectivity index (χ0n) is 11.8. The van der Waals surface area contributed by atoms with Crippen LogP contribution in [-0.4, -0.2) is 30.1 Å². The number of nitro groups is 1. The van der Waals surface area contributed by atoms with Crippen LogP contribution in [0.15, 0.2) is 18.2 Å². The Morgan fingerprint density at radius 2 is 2.20 bits per heavy atom. The second kappa shape index (κ2) is 5.40. The molecule has 2 heterocycles. The van der Waals surface area contributed by atoms with Gasteiger partial charge >= 0.3 is 0 Å². The first-order chi connectivity index (χ1) is 9.66. The fourth-order valence-electron chi connectivity index (χ4n) is 3.57. The Kier molecular flexibility index (Phi) is 3.61. The molecule has 2 aliphatic rings. The molecule has 5 heteroatoms. The van der Waals surface area contributed by atoms with Crippen molar-refractivity contribution in [3.63, 3.8) is 0 Å². The van der Waals surface area contributed by atoms with Crippen LogP contribution in [0.25, 0.3) is 0 Å². The topological polar surface area (TPSA) is 58.4 Å². The van der Waals surface area contributed by atoms with E-state index in [0.717, 1.165) is 37.2 Å². The minimum absolute atomic E-state index is 0.237. The van der Waals surface area contributed by atoms with Crippen LogP contribution in [0, 0.1) is 17.0 Å². The number of hydrogen-bond acceptors (Lipinski definition) is 4. The maximum Gasteiger partial charge on any atom is 0.292 e. The molecule has 2 unspecified atom stereocenters. The molecule has 0 radical (unpaired) electrons. The van der Waals surface area contributed by atoms with E-state index in [0.29, 0.717) is 12.1 Å². The Morgan fingerprint density at radius 1 is 1.35 bits per heavy atom. The number of nitrogens with one attached hydrogen (secondary N) is 1. The molecule has 108 valence electrons. The molecule has 20 heavy (non-hydrogen) atoms. The van der Waals surface area contributed by atoms with Crippen molar-refractivity contribution in [3.8, 4) is 0 Å². The van der Waals surface area contributed by atoms with Gasteiger partial charge in [-0.1, -0.05) is 6.07 Å². The largest absolute Gasteiger partial charge is 0.361 e. The molecule has 3 rings (SSSR count). The van der Waals surface area contributed by atoms with Gasteiger partial charge in [0.15, 0.2) is 0 Å². The first kappa shape index (κ1) is 13.4. The third kappa shape index (κ3) is 2.38. The highest BCUT2D eigenvalue weighted by atomic mass is 16.6. The molecule has 2 saturated heterocycles. The molecule has 0 aromatic heterocycles. The number of benzene rings is 1. The van der Waals surface area contributed by atoms with Gasteiger partial charge in [0.2, 0.25) is 0 Å². The zero-order chi connectivity index (χ0) is 14.1. The SMILES string of the molecule is Cc1ccc([N+](=O)[O-])c(N2CCCC2C2CCCN2)c1. The van der Waals surface area contributed by atoms with E-state index in [-0.39, 0.29) is 10.6 Å². The molecule has 0 aliphatic carbocycles. The van der Waals surface area contributed by atoms with E-state index in [1.165, 1.54) is 12.8 Å². The maximum absolute atomic E-state index is 11.3. The molecule has 2 aliphatic heterocycles. The summed E-state index contributed by atoms with van der Waals surface area (Å²) in [5.74, 6) is 0. The van der Waals surface area contributed by atoms with E-state index in [4.69, 9.17) is 0 Å². The standard InChI is InChI=1S/C15H21N3O2/c1-11-6-7-14(18(19)20)15(10-11)17-9-3-5-13(17)12-4-2-8-16-12/h6-7,10,12-13,16H,2-5,8-9H2,1H3. The quantitative estimate of drug-likeness (QED) is 0.680. The van der Waals surface area contributed by atoms with Crippen molar-refractivity contribution < 1.29 is 4.92 Å². The van der Waals surface area contributed by atoms with E-state index < -0.39 is 0 Å². The second-order valence-corrected chi connectivity index (χ2v) is 5.86. The summed E-state index contributed by atoms with van der Waals surface area (Å²) in [5.41, 5.74) is 2.11. The van der Waals surface area contributed by atoms with Gasteiger partial charge in [-0.15, -0.1) is 0 Å². The lowest BCUT2D eigenvalue weighted by Gasteiger charge is -2.31. The van der Waals surface area contributed by atoms with Crippen LogP contribution in [0.2, 0.25) is 0 Å². The van der Waals surface area contributed by atoms with Crippen molar-refractivity contribution in [1.29, 1.82) is 0 Å². The zero-order valence-corrected chi connectivity index (χ0v) is 11.8. The normalized spacial score (nSPS) is 26.1.